The Balaban J connectivity index is 1.99. The third-order valence-corrected chi connectivity index (χ3v) is 4.54. The van der Waals surface area contributed by atoms with Crippen molar-refractivity contribution in [2.75, 3.05) is 11.9 Å². The molecule has 2 N–H and O–H groups in total. The first-order valence-corrected chi connectivity index (χ1v) is 9.29. The van der Waals surface area contributed by atoms with Gasteiger partial charge in [-0.15, -0.1) is 0 Å². The van der Waals surface area contributed by atoms with E-state index in [1.54, 1.807) is 24.3 Å². The topological polar surface area (TPSA) is 50.4 Å². The summed E-state index contributed by atoms with van der Waals surface area (Å²) < 4.78 is 6.29. The zero-order valence-electron chi connectivity index (χ0n) is 13.9. The van der Waals surface area contributed by atoms with Crippen molar-refractivity contribution in [1.82, 2.24) is 5.32 Å². The first-order valence-electron chi connectivity index (χ1n) is 7.71. The molecule has 0 heterocycles. The van der Waals surface area contributed by atoms with Crippen molar-refractivity contribution in [3.63, 3.8) is 0 Å². The Morgan fingerprint density at radius 1 is 1.28 bits per heavy atom. The van der Waals surface area contributed by atoms with Crippen molar-refractivity contribution in [2.24, 2.45) is 0 Å². The predicted molar refractivity (Wildman–Crippen MR) is 110 cm³/mol. The van der Waals surface area contributed by atoms with E-state index in [0.29, 0.717) is 28.6 Å². The van der Waals surface area contributed by atoms with Gasteiger partial charge in [0, 0.05) is 16.3 Å². The summed E-state index contributed by atoms with van der Waals surface area (Å²) in [5, 5.41) is 6.42. The molecule has 25 heavy (non-hydrogen) atoms. The number of benzene rings is 2. The quantitative estimate of drug-likeness (QED) is 0.616. The van der Waals surface area contributed by atoms with Gasteiger partial charge >= 0.3 is 0 Å². The summed E-state index contributed by atoms with van der Waals surface area (Å²) in [5.74, 6) is 0.395. The maximum absolute atomic E-state index is 12.3. The van der Waals surface area contributed by atoms with Gasteiger partial charge in [-0.1, -0.05) is 24.6 Å². The molecule has 0 unspecified atom stereocenters. The first kappa shape index (κ1) is 19.7. The predicted octanol–water partition coefficient (Wildman–Crippen LogP) is 5.33. The number of halogens is 2. The van der Waals surface area contributed by atoms with E-state index in [2.05, 4.69) is 26.6 Å². The third kappa shape index (κ3) is 5.70. The Bertz CT molecular complexity index is 799. The number of rotatable bonds is 5. The fourth-order valence-electron chi connectivity index (χ4n) is 1.98. The van der Waals surface area contributed by atoms with Gasteiger partial charge in [0.2, 0.25) is 0 Å². The standard InChI is InChI=1S/C18H18BrClN2O2S/c1-3-8-24-16-7-5-12(9-14(16)19)17(23)22-18(25)21-13-6-4-11(2)15(20)10-13/h4-7,9-10H,3,8H2,1-2H3,(H2,21,22,23,25). The van der Waals surface area contributed by atoms with Crippen LogP contribution < -0.4 is 15.4 Å². The number of anilines is 1. The van der Waals surface area contributed by atoms with E-state index in [0.717, 1.165) is 16.5 Å². The highest BCUT2D eigenvalue weighted by molar-refractivity contribution is 9.10. The smallest absolute Gasteiger partial charge is 0.257 e. The summed E-state index contributed by atoms with van der Waals surface area (Å²) in [6.07, 6.45) is 0.914. The van der Waals surface area contributed by atoms with Gasteiger partial charge in [-0.3, -0.25) is 10.1 Å². The van der Waals surface area contributed by atoms with Crippen molar-refractivity contribution in [2.45, 2.75) is 20.3 Å². The molecule has 4 nitrogen and oxygen atoms in total. The summed E-state index contributed by atoms with van der Waals surface area (Å²) in [7, 11) is 0. The Labute approximate surface area is 166 Å². The van der Waals surface area contributed by atoms with Crippen molar-refractivity contribution in [3.8, 4) is 5.75 Å². The van der Waals surface area contributed by atoms with Crippen molar-refractivity contribution in [3.05, 3.63) is 57.0 Å². The number of hydrogen-bond donors (Lipinski definition) is 2. The molecule has 7 heteroatoms. The van der Waals surface area contributed by atoms with Crippen LogP contribution in [0.3, 0.4) is 0 Å². The molecule has 0 saturated heterocycles. The summed E-state index contributed by atoms with van der Waals surface area (Å²) >= 11 is 14.7. The highest BCUT2D eigenvalue weighted by Gasteiger charge is 2.11. The van der Waals surface area contributed by atoms with Crippen LogP contribution in [-0.4, -0.2) is 17.6 Å². The second-order valence-corrected chi connectivity index (χ2v) is 7.04. The number of aryl methyl sites for hydroxylation is 1. The number of thiocarbonyl (C=S) groups is 1. The van der Waals surface area contributed by atoms with Crippen LogP contribution in [0.25, 0.3) is 0 Å². The summed E-state index contributed by atoms with van der Waals surface area (Å²) in [6, 6.07) is 10.6. The van der Waals surface area contributed by atoms with Gasteiger partial charge in [0.1, 0.15) is 5.75 Å². The number of carbonyl (C=O) groups excluding carboxylic acids is 1. The molecule has 0 bridgehead atoms. The normalized spacial score (nSPS) is 10.2. The molecule has 2 aromatic carbocycles. The zero-order valence-corrected chi connectivity index (χ0v) is 17.0. The Morgan fingerprint density at radius 3 is 2.68 bits per heavy atom. The molecule has 0 spiro atoms. The van der Waals surface area contributed by atoms with E-state index in [4.69, 9.17) is 28.6 Å². The second-order valence-electron chi connectivity index (χ2n) is 5.37. The van der Waals surface area contributed by atoms with Gasteiger partial charge < -0.3 is 10.1 Å². The van der Waals surface area contributed by atoms with Crippen LogP contribution in [0.1, 0.15) is 29.3 Å². The molecule has 2 aromatic rings. The van der Waals surface area contributed by atoms with Crippen LogP contribution in [0.15, 0.2) is 40.9 Å². The maximum Gasteiger partial charge on any atom is 0.257 e. The summed E-state index contributed by atoms with van der Waals surface area (Å²) in [5.41, 5.74) is 2.16. The Morgan fingerprint density at radius 2 is 2.04 bits per heavy atom. The highest BCUT2D eigenvalue weighted by Crippen LogP contribution is 2.26. The van der Waals surface area contributed by atoms with Gasteiger partial charge in [-0.2, -0.15) is 0 Å². The number of amides is 1. The average molecular weight is 442 g/mol. The van der Waals surface area contributed by atoms with Crippen LogP contribution in [0.5, 0.6) is 5.75 Å². The van der Waals surface area contributed by atoms with Gasteiger partial charge in [-0.05, 0) is 77.4 Å². The minimum atomic E-state index is -0.307. The largest absolute Gasteiger partial charge is 0.492 e. The minimum Gasteiger partial charge on any atom is -0.492 e. The van der Waals surface area contributed by atoms with E-state index in [1.165, 1.54) is 0 Å². The number of hydrogen-bond acceptors (Lipinski definition) is 3. The molecular weight excluding hydrogens is 424 g/mol. The van der Waals surface area contributed by atoms with Gasteiger partial charge in [0.05, 0.1) is 11.1 Å². The molecule has 0 fully saturated rings. The summed E-state index contributed by atoms with van der Waals surface area (Å²) in [4.78, 5) is 12.3. The Hall–Kier alpha value is -1.63. The molecule has 0 aromatic heterocycles. The number of nitrogens with one attached hydrogen (secondary N) is 2. The highest BCUT2D eigenvalue weighted by atomic mass is 79.9. The zero-order chi connectivity index (χ0) is 18.4. The second kappa shape index (κ2) is 9.17. The van der Waals surface area contributed by atoms with Gasteiger partial charge in [0.25, 0.3) is 5.91 Å². The van der Waals surface area contributed by atoms with E-state index >= 15 is 0 Å². The van der Waals surface area contributed by atoms with Crippen molar-refractivity contribution in [1.29, 1.82) is 0 Å². The fourth-order valence-corrected chi connectivity index (χ4v) is 2.86. The lowest BCUT2D eigenvalue weighted by molar-refractivity contribution is 0.0977. The van der Waals surface area contributed by atoms with E-state index < -0.39 is 0 Å². The van der Waals surface area contributed by atoms with Crippen LogP contribution >= 0.6 is 39.7 Å². The van der Waals surface area contributed by atoms with Crippen LogP contribution in [-0.2, 0) is 0 Å². The fraction of sp³-hybridized carbons (Fsp3) is 0.222. The molecule has 0 radical (unpaired) electrons. The molecule has 0 saturated carbocycles. The van der Waals surface area contributed by atoms with E-state index in [1.807, 2.05) is 26.0 Å². The number of carbonyl (C=O) groups is 1. The molecule has 0 aliphatic heterocycles. The maximum atomic E-state index is 12.3. The molecule has 1 amide bonds. The van der Waals surface area contributed by atoms with Crippen LogP contribution in [0.2, 0.25) is 5.02 Å². The monoisotopic (exact) mass is 440 g/mol. The molecule has 2 rings (SSSR count). The van der Waals surface area contributed by atoms with Crippen LogP contribution in [0, 0.1) is 6.92 Å². The SMILES string of the molecule is CCCOc1ccc(C(=O)NC(=S)Nc2ccc(C)c(Cl)c2)cc1Br. The molecular formula is C18H18BrClN2O2S. The molecule has 0 aliphatic carbocycles. The van der Waals surface area contributed by atoms with Gasteiger partial charge in [0.15, 0.2) is 5.11 Å². The molecule has 132 valence electrons. The number of ether oxygens (including phenoxy) is 1. The van der Waals surface area contributed by atoms with E-state index in [-0.39, 0.29) is 11.0 Å². The first-order chi connectivity index (χ1) is 11.9. The van der Waals surface area contributed by atoms with Crippen molar-refractivity contribution >= 4 is 56.5 Å². The van der Waals surface area contributed by atoms with Gasteiger partial charge in [-0.25, -0.2) is 0 Å². The minimum absolute atomic E-state index is 0.201. The van der Waals surface area contributed by atoms with Crippen molar-refractivity contribution < 1.29 is 9.53 Å². The van der Waals surface area contributed by atoms with Crippen LogP contribution in [0.4, 0.5) is 5.69 Å². The molecule has 0 atom stereocenters. The lowest BCUT2D eigenvalue weighted by atomic mass is 10.2. The lowest BCUT2D eigenvalue weighted by Gasteiger charge is -2.12. The molecule has 0 aliphatic rings. The third-order valence-electron chi connectivity index (χ3n) is 3.31. The van der Waals surface area contributed by atoms with E-state index in [9.17, 15) is 4.79 Å². The Kier molecular flexibility index (Phi) is 7.23. The summed E-state index contributed by atoms with van der Waals surface area (Å²) in [6.45, 7) is 4.57. The average Bonchev–Trinajstić information content (AvgIpc) is 2.57. The lowest BCUT2D eigenvalue weighted by Crippen LogP contribution is -2.34.